The summed E-state index contributed by atoms with van der Waals surface area (Å²) in [6.07, 6.45) is 0. The number of hydrogen-bond donors (Lipinski definition) is 12. The molecule has 36 heteroatoms. The van der Waals surface area contributed by atoms with Crippen molar-refractivity contribution in [2.75, 3.05) is 0 Å². The molecule has 0 aliphatic heterocycles. The molecule has 0 amide bonds. The van der Waals surface area contributed by atoms with E-state index in [1.54, 1.807) is 0 Å². The van der Waals surface area contributed by atoms with Crippen molar-refractivity contribution in [1.29, 1.82) is 0 Å². The van der Waals surface area contributed by atoms with E-state index in [9.17, 15) is 16.9 Å². The average molecular weight is 1250 g/mol. The molecule has 36 heavy (non-hydrogen) atoms. The summed E-state index contributed by atoms with van der Waals surface area (Å²) >= 11 is -35.1. The van der Waals surface area contributed by atoms with Gasteiger partial charge in [-0.2, -0.15) is 0 Å². The molecule has 0 rings (SSSR count). The molecule has 24 nitrogen and oxygen atoms in total. The number of halogens is 6. The molecule has 0 aliphatic carbocycles. The summed E-state index contributed by atoms with van der Waals surface area (Å²) < 4.78 is 200. The minimum absolute atomic E-state index is 0. The Morgan fingerprint density at radius 1 is 0.250 bits per heavy atom. The topological polar surface area (TPSA) is 534 Å². The maximum atomic E-state index is 10.4. The van der Waals surface area contributed by atoms with E-state index in [1.165, 1.54) is 0 Å². The Hall–Kier alpha value is 2.57. The van der Waals surface area contributed by atoms with E-state index >= 15 is 0 Å². The van der Waals surface area contributed by atoms with E-state index in [-0.39, 0.29) is 32.9 Å². The van der Waals surface area contributed by atoms with Gasteiger partial charge in [0.25, 0.3) is 0 Å². The molecule has 240 valence electrons. The van der Waals surface area contributed by atoms with Gasteiger partial charge in [-0.15, -0.1) is 0 Å². The fourth-order valence-corrected chi connectivity index (χ4v) is 0. The first-order valence-corrected chi connectivity index (χ1v) is 30.3. The third-order valence-electron chi connectivity index (χ3n) is 0. The van der Waals surface area contributed by atoms with Gasteiger partial charge in [0, 0.05) is 0 Å². The van der Waals surface area contributed by atoms with Crippen molar-refractivity contribution in [2.45, 2.75) is 0 Å². The summed E-state index contributed by atoms with van der Waals surface area (Å²) in [6.45, 7) is 0. The second-order valence-corrected chi connectivity index (χ2v) is 19.0. The standard InChI is InChI=1S/6FH.18H2O.6O.6Sb/h6*1H;18*1H2;;;;;;;;;;;;/q;;;;;;;;;;;;;;;;;;;;;;;;;;;;;;6*+3/p-18. The Bertz CT molecular complexity index is 477. The summed E-state index contributed by atoms with van der Waals surface area (Å²) in [5.74, 6) is 0. The van der Waals surface area contributed by atoms with Gasteiger partial charge in [0.1, 0.15) is 0 Å². The zero-order valence-electron chi connectivity index (χ0n) is 15.8. The molecule has 0 aromatic rings. The first-order chi connectivity index (χ1) is 12.0. The Morgan fingerprint density at radius 2 is 0.250 bits per heavy atom. The SMILES string of the molecule is O.O.O.O.O.O.[O]=[Sb]([OH])([OH])[F].[O]=[Sb]([OH])([OH])[F].[O]=[Sb]([OH])([OH])[F].[O]=[Sb]([OH])([OH])[F].[O]=[Sb]([OH])([OH])[F].[O]=[Sb]([OH])([OH])[F]. The van der Waals surface area contributed by atoms with Gasteiger partial charge in [-0.25, -0.2) is 0 Å². The zero-order valence-corrected chi connectivity index (χ0v) is 31.1. The van der Waals surface area contributed by atoms with Crippen LogP contribution >= 0.6 is 0 Å². The van der Waals surface area contributed by atoms with Crippen LogP contribution in [0.2, 0.25) is 0 Å². The van der Waals surface area contributed by atoms with Crippen LogP contribution in [0, 0.1) is 0 Å². The van der Waals surface area contributed by atoms with Gasteiger partial charge in [-0.3, -0.25) is 0 Å². The molecular weight excluding hydrogens is 1230 g/mol. The number of hydrogen-bond acceptors (Lipinski definition) is 6. The predicted octanol–water partition coefficient (Wildman–Crippen LogP) is -12.1. The van der Waals surface area contributed by atoms with Crippen molar-refractivity contribution in [1.82, 2.24) is 0 Å². The molecule has 0 radical (unpaired) electrons. The molecule has 24 N–H and O–H groups in total. The monoisotopic (exact) mass is 1250 g/mol. The van der Waals surface area contributed by atoms with Crippen molar-refractivity contribution in [3.63, 3.8) is 0 Å². The quantitative estimate of drug-likeness (QED) is 0.0791. The summed E-state index contributed by atoms with van der Waals surface area (Å²) in [4.78, 5) is 0. The second kappa shape index (κ2) is 33.8. The number of rotatable bonds is 0. The maximum absolute atomic E-state index is 10.4. The Balaban J connectivity index is -0.0000000186. The first kappa shape index (κ1) is 77.1. The van der Waals surface area contributed by atoms with Gasteiger partial charge in [0.05, 0.1) is 0 Å². The Labute approximate surface area is 226 Å². The van der Waals surface area contributed by atoms with Crippen LogP contribution in [0.25, 0.3) is 0 Å². The molecule has 0 spiro atoms. The van der Waals surface area contributed by atoms with Crippen LogP contribution in [0.3, 0.4) is 0 Å². The molecular formula is H24F6O24Sb6. The van der Waals surface area contributed by atoms with Crippen LogP contribution in [0.4, 0.5) is 16.9 Å². The van der Waals surface area contributed by atoms with Crippen LogP contribution in [-0.4, -0.2) is 195 Å². The van der Waals surface area contributed by atoms with Gasteiger partial charge < -0.3 is 32.9 Å². The van der Waals surface area contributed by atoms with E-state index in [2.05, 4.69) is 0 Å². The molecule has 0 bridgehead atoms. The molecule has 0 aromatic heterocycles. The van der Waals surface area contributed by atoms with Crippen LogP contribution in [-0.2, 0) is 18.1 Å². The first-order valence-electron chi connectivity index (χ1n) is 4.51. The molecule has 0 atom stereocenters. The fourth-order valence-electron chi connectivity index (χ4n) is 0. The van der Waals surface area contributed by atoms with Crippen LogP contribution in [0.1, 0.15) is 0 Å². The Kier molecular flexibility index (Phi) is 72.3. The van der Waals surface area contributed by atoms with E-state index in [0.29, 0.717) is 0 Å². The van der Waals surface area contributed by atoms with Crippen molar-refractivity contribution in [2.24, 2.45) is 0 Å². The summed E-state index contributed by atoms with van der Waals surface area (Å²) in [5.41, 5.74) is 0. The third-order valence-corrected chi connectivity index (χ3v) is 0. The molecule has 0 aromatic carbocycles. The second-order valence-electron chi connectivity index (χ2n) is 2.84. The van der Waals surface area contributed by atoms with Gasteiger partial charge in [0.15, 0.2) is 0 Å². The predicted molar refractivity (Wildman–Crippen MR) is 93.6 cm³/mol. The minimum atomic E-state index is -5.85. The normalized spacial score (nSPS) is 9.83. The molecule has 0 saturated heterocycles. The van der Waals surface area contributed by atoms with Crippen molar-refractivity contribution < 1.29 is 108 Å². The van der Waals surface area contributed by atoms with E-state index < -0.39 is 121 Å². The fraction of sp³-hybridized carbons (Fsp3) is 0. The molecule has 0 fully saturated rings. The van der Waals surface area contributed by atoms with Gasteiger partial charge >= 0.3 is 197 Å². The Morgan fingerprint density at radius 3 is 0.250 bits per heavy atom. The molecule has 0 heterocycles. The molecule has 0 saturated carbocycles. The molecule has 0 aliphatic rings. The van der Waals surface area contributed by atoms with Crippen LogP contribution in [0.15, 0.2) is 0 Å². The summed E-state index contributed by atoms with van der Waals surface area (Å²) in [7, 11) is 0. The van der Waals surface area contributed by atoms with Crippen molar-refractivity contribution in [3.05, 3.63) is 0 Å². The van der Waals surface area contributed by atoms with E-state index in [0.717, 1.165) is 0 Å². The van der Waals surface area contributed by atoms with Gasteiger partial charge in [-0.05, 0) is 0 Å². The van der Waals surface area contributed by atoms with Crippen molar-refractivity contribution in [3.8, 4) is 0 Å². The third kappa shape index (κ3) is 7010. The van der Waals surface area contributed by atoms with Gasteiger partial charge in [0.2, 0.25) is 0 Å². The van der Waals surface area contributed by atoms with E-state index in [1.807, 2.05) is 0 Å². The summed E-state index contributed by atoms with van der Waals surface area (Å²) in [5, 5.41) is 0. The van der Waals surface area contributed by atoms with Gasteiger partial charge in [-0.1, -0.05) is 0 Å². The van der Waals surface area contributed by atoms with Crippen molar-refractivity contribution >= 4 is 121 Å². The zero-order chi connectivity index (χ0) is 27.0. The molecule has 0 unspecified atom stereocenters. The van der Waals surface area contributed by atoms with E-state index in [4.69, 9.17) is 58.7 Å². The average Bonchev–Trinajstić information content (AvgIpc) is 1.94. The summed E-state index contributed by atoms with van der Waals surface area (Å²) in [6, 6.07) is 0. The van der Waals surface area contributed by atoms with Crippen LogP contribution < -0.4 is 0 Å². The van der Waals surface area contributed by atoms with Crippen LogP contribution in [0.5, 0.6) is 0 Å².